The highest BCUT2D eigenvalue weighted by atomic mass is 15.3. The Balaban J connectivity index is 2.21. The van der Waals surface area contributed by atoms with E-state index in [0.717, 1.165) is 19.6 Å². The van der Waals surface area contributed by atoms with Gasteiger partial charge in [-0.1, -0.05) is 6.92 Å². The van der Waals surface area contributed by atoms with E-state index in [0.29, 0.717) is 6.17 Å². The van der Waals surface area contributed by atoms with Crippen LogP contribution in [-0.2, 0) is 0 Å². The number of hydrogen-bond acceptors (Lipinski definition) is 3. The summed E-state index contributed by atoms with van der Waals surface area (Å²) in [5.74, 6) is 0. The molecule has 1 aliphatic rings. The fourth-order valence-corrected chi connectivity index (χ4v) is 1.46. The van der Waals surface area contributed by atoms with E-state index in [4.69, 9.17) is 0 Å². The molecule has 0 aromatic heterocycles. The molecule has 1 saturated heterocycles. The Labute approximate surface area is 69.1 Å². The van der Waals surface area contributed by atoms with Crippen molar-refractivity contribution in [2.45, 2.75) is 19.5 Å². The molecule has 0 aromatic rings. The smallest absolute Gasteiger partial charge is 0.0723 e. The third kappa shape index (κ3) is 2.77. The molecule has 1 aliphatic heterocycles. The molecule has 1 heterocycles. The summed E-state index contributed by atoms with van der Waals surface area (Å²) in [6.45, 7) is 6.68. The zero-order valence-electron chi connectivity index (χ0n) is 7.56. The monoisotopic (exact) mass is 157 g/mol. The van der Waals surface area contributed by atoms with Gasteiger partial charge in [0.15, 0.2) is 0 Å². The zero-order valence-corrected chi connectivity index (χ0v) is 7.56. The molecule has 0 saturated carbocycles. The first-order valence-electron chi connectivity index (χ1n) is 4.49. The number of rotatable bonds is 3. The number of likely N-dealkylation sites (N-methyl/N-ethyl adjacent to an activating group) is 1. The minimum absolute atomic E-state index is 0.545. The molecule has 0 amide bonds. The van der Waals surface area contributed by atoms with E-state index in [2.05, 4.69) is 29.5 Å². The van der Waals surface area contributed by atoms with Gasteiger partial charge in [-0.2, -0.15) is 0 Å². The molecule has 1 fully saturated rings. The summed E-state index contributed by atoms with van der Waals surface area (Å²) in [4.78, 5) is 2.37. The second-order valence-electron chi connectivity index (χ2n) is 3.15. The summed E-state index contributed by atoms with van der Waals surface area (Å²) in [5, 5.41) is 6.84. The molecule has 3 nitrogen and oxygen atoms in total. The van der Waals surface area contributed by atoms with Crippen LogP contribution in [0.1, 0.15) is 13.3 Å². The molecule has 2 N–H and O–H groups in total. The quantitative estimate of drug-likeness (QED) is 0.596. The molecule has 1 rings (SSSR count). The lowest BCUT2D eigenvalue weighted by molar-refractivity contribution is 0.182. The Bertz CT molecular complexity index is 99.5. The Hall–Kier alpha value is -0.120. The summed E-state index contributed by atoms with van der Waals surface area (Å²) in [5.41, 5.74) is 0. The van der Waals surface area contributed by atoms with E-state index in [1.165, 1.54) is 13.0 Å². The van der Waals surface area contributed by atoms with Crippen LogP contribution in [0.2, 0.25) is 0 Å². The summed E-state index contributed by atoms with van der Waals surface area (Å²) >= 11 is 0. The molecular formula is C8H19N3. The van der Waals surface area contributed by atoms with Gasteiger partial charge in [-0.3, -0.25) is 10.2 Å². The highest BCUT2D eigenvalue weighted by Crippen LogP contribution is 1.95. The summed E-state index contributed by atoms with van der Waals surface area (Å²) in [6, 6.07) is 0. The van der Waals surface area contributed by atoms with E-state index in [1.54, 1.807) is 0 Å². The Morgan fingerprint density at radius 1 is 1.45 bits per heavy atom. The molecule has 1 unspecified atom stereocenters. The lowest BCUT2D eigenvalue weighted by atomic mass is 10.3. The predicted molar refractivity (Wildman–Crippen MR) is 47.6 cm³/mol. The van der Waals surface area contributed by atoms with Gasteiger partial charge >= 0.3 is 0 Å². The highest BCUT2D eigenvalue weighted by Gasteiger charge is 2.15. The first-order valence-corrected chi connectivity index (χ1v) is 4.49. The normalized spacial score (nSPS) is 25.9. The van der Waals surface area contributed by atoms with Crippen molar-refractivity contribution in [1.82, 2.24) is 15.5 Å². The van der Waals surface area contributed by atoms with Crippen LogP contribution in [0.25, 0.3) is 0 Å². The predicted octanol–water partition coefficient (Wildman–Crippen LogP) is -0.153. The standard InChI is InChI=1S/C8H19N3/c1-3-6-11(2)8-7-9-4-5-10-8/h8-10H,3-7H2,1-2H3. The van der Waals surface area contributed by atoms with Crippen molar-refractivity contribution in [1.29, 1.82) is 0 Å². The number of nitrogens with one attached hydrogen (secondary N) is 2. The van der Waals surface area contributed by atoms with E-state index in [1.807, 2.05) is 0 Å². The fourth-order valence-electron chi connectivity index (χ4n) is 1.46. The topological polar surface area (TPSA) is 27.3 Å². The van der Waals surface area contributed by atoms with Crippen molar-refractivity contribution in [2.75, 3.05) is 33.2 Å². The van der Waals surface area contributed by atoms with Crippen molar-refractivity contribution in [3.05, 3.63) is 0 Å². The van der Waals surface area contributed by atoms with E-state index < -0.39 is 0 Å². The molecule has 66 valence electrons. The van der Waals surface area contributed by atoms with Gasteiger partial charge < -0.3 is 5.32 Å². The minimum Gasteiger partial charge on any atom is -0.313 e. The molecule has 0 radical (unpaired) electrons. The van der Waals surface area contributed by atoms with Gasteiger partial charge in [0, 0.05) is 19.6 Å². The average Bonchev–Trinajstić information content (AvgIpc) is 2.07. The van der Waals surface area contributed by atoms with Crippen LogP contribution in [0.5, 0.6) is 0 Å². The van der Waals surface area contributed by atoms with Gasteiger partial charge in [0.1, 0.15) is 0 Å². The molecule has 1 atom stereocenters. The molecule has 3 heteroatoms. The molecule has 0 aromatic carbocycles. The number of nitrogens with zero attached hydrogens (tertiary/aromatic N) is 1. The van der Waals surface area contributed by atoms with E-state index in [-0.39, 0.29) is 0 Å². The van der Waals surface area contributed by atoms with Gasteiger partial charge in [0.05, 0.1) is 6.17 Å². The third-order valence-electron chi connectivity index (χ3n) is 2.13. The average molecular weight is 157 g/mol. The van der Waals surface area contributed by atoms with Crippen molar-refractivity contribution >= 4 is 0 Å². The van der Waals surface area contributed by atoms with Gasteiger partial charge in [-0.25, -0.2) is 0 Å². The Morgan fingerprint density at radius 3 is 2.82 bits per heavy atom. The van der Waals surface area contributed by atoms with Gasteiger partial charge in [-0.15, -0.1) is 0 Å². The maximum absolute atomic E-state index is 3.47. The summed E-state index contributed by atoms with van der Waals surface area (Å²) < 4.78 is 0. The van der Waals surface area contributed by atoms with Crippen LogP contribution in [0.15, 0.2) is 0 Å². The molecule has 0 spiro atoms. The van der Waals surface area contributed by atoms with Crippen LogP contribution in [-0.4, -0.2) is 44.3 Å². The van der Waals surface area contributed by atoms with Gasteiger partial charge in [0.25, 0.3) is 0 Å². The zero-order chi connectivity index (χ0) is 8.10. The second-order valence-corrected chi connectivity index (χ2v) is 3.15. The van der Waals surface area contributed by atoms with Crippen LogP contribution in [0.3, 0.4) is 0 Å². The largest absolute Gasteiger partial charge is 0.313 e. The van der Waals surface area contributed by atoms with Gasteiger partial charge in [0.2, 0.25) is 0 Å². The maximum Gasteiger partial charge on any atom is 0.0723 e. The van der Waals surface area contributed by atoms with Crippen molar-refractivity contribution in [3.63, 3.8) is 0 Å². The fraction of sp³-hybridized carbons (Fsp3) is 1.00. The van der Waals surface area contributed by atoms with Crippen molar-refractivity contribution in [2.24, 2.45) is 0 Å². The van der Waals surface area contributed by atoms with Crippen LogP contribution < -0.4 is 10.6 Å². The van der Waals surface area contributed by atoms with Crippen LogP contribution in [0.4, 0.5) is 0 Å². The minimum atomic E-state index is 0.545. The first kappa shape index (κ1) is 8.97. The molecule has 0 bridgehead atoms. The summed E-state index contributed by atoms with van der Waals surface area (Å²) in [6.07, 6.45) is 1.78. The van der Waals surface area contributed by atoms with E-state index in [9.17, 15) is 0 Å². The third-order valence-corrected chi connectivity index (χ3v) is 2.13. The maximum atomic E-state index is 3.47. The van der Waals surface area contributed by atoms with Crippen LogP contribution in [0, 0.1) is 0 Å². The molecule has 0 aliphatic carbocycles. The second kappa shape index (κ2) is 4.70. The lowest BCUT2D eigenvalue weighted by Crippen LogP contribution is -2.56. The SMILES string of the molecule is CCCN(C)C1CNCCN1. The Morgan fingerprint density at radius 2 is 2.27 bits per heavy atom. The van der Waals surface area contributed by atoms with Gasteiger partial charge in [-0.05, 0) is 20.0 Å². The summed E-state index contributed by atoms with van der Waals surface area (Å²) in [7, 11) is 2.17. The number of piperazine rings is 1. The first-order chi connectivity index (χ1) is 5.34. The molecular weight excluding hydrogens is 138 g/mol. The van der Waals surface area contributed by atoms with Crippen molar-refractivity contribution < 1.29 is 0 Å². The number of hydrogen-bond donors (Lipinski definition) is 2. The van der Waals surface area contributed by atoms with Crippen LogP contribution >= 0.6 is 0 Å². The van der Waals surface area contributed by atoms with E-state index >= 15 is 0 Å². The Kier molecular flexibility index (Phi) is 3.83. The highest BCUT2D eigenvalue weighted by molar-refractivity contribution is 4.74. The van der Waals surface area contributed by atoms with Crippen molar-refractivity contribution in [3.8, 4) is 0 Å². The molecule has 11 heavy (non-hydrogen) atoms. The lowest BCUT2D eigenvalue weighted by Gasteiger charge is -2.32.